The van der Waals surface area contributed by atoms with Gasteiger partial charge in [0.1, 0.15) is 10.7 Å². The normalized spacial score (nSPS) is 11.8. The Labute approximate surface area is 194 Å². The van der Waals surface area contributed by atoms with Gasteiger partial charge in [-0.2, -0.15) is 5.10 Å². The van der Waals surface area contributed by atoms with Crippen molar-refractivity contribution >= 4 is 38.9 Å². The van der Waals surface area contributed by atoms with Crippen LogP contribution < -0.4 is 0 Å². The maximum Gasteiger partial charge on any atom is 0.168 e. The summed E-state index contributed by atoms with van der Waals surface area (Å²) in [6.07, 6.45) is 1.00. The molecule has 0 aliphatic rings. The minimum atomic E-state index is -0.00287. The van der Waals surface area contributed by atoms with Crippen molar-refractivity contribution in [3.63, 3.8) is 0 Å². The Morgan fingerprint density at radius 2 is 1.70 bits per heavy atom. The van der Waals surface area contributed by atoms with Crippen LogP contribution in [0.3, 0.4) is 0 Å². The number of rotatable bonds is 5. The molecule has 0 saturated carbocycles. The number of halogens is 2. The third-order valence-electron chi connectivity index (χ3n) is 5.40. The summed E-state index contributed by atoms with van der Waals surface area (Å²) in [5.41, 5.74) is 5.00. The summed E-state index contributed by atoms with van der Waals surface area (Å²) < 4.78 is 3.01. The Hall–Kier alpha value is -2.02. The molecule has 0 spiro atoms. The van der Waals surface area contributed by atoms with Crippen LogP contribution in [-0.2, 0) is 5.41 Å². The first-order valence-electron chi connectivity index (χ1n) is 9.76. The minimum absolute atomic E-state index is 0.00287. The van der Waals surface area contributed by atoms with E-state index in [9.17, 15) is 0 Å². The van der Waals surface area contributed by atoms with E-state index in [0.717, 1.165) is 49.1 Å². The van der Waals surface area contributed by atoms with Crippen LogP contribution >= 0.6 is 38.9 Å². The zero-order valence-corrected chi connectivity index (χ0v) is 20.4. The van der Waals surface area contributed by atoms with Gasteiger partial charge in [0.25, 0.3) is 0 Å². The Morgan fingerprint density at radius 1 is 1.03 bits per heavy atom. The summed E-state index contributed by atoms with van der Waals surface area (Å²) >= 11 is 11.3. The third-order valence-corrected chi connectivity index (χ3v) is 7.48. The second-order valence-electron chi connectivity index (χ2n) is 7.87. The standard InChI is InChI=1S/C23H22BrClN4S/c1-5-23(3,4)22-27-26-21(30-22)19-14(2)20(15-6-8-16(24)9-7-15)29(28-19)18-12-10-17(25)11-13-18/h6-13H,5H2,1-4H3. The molecule has 4 aromatic rings. The SMILES string of the molecule is CCC(C)(C)c1nnc(-c2nn(-c3ccc(Cl)cc3)c(-c3ccc(Br)cc3)c2C)s1. The Morgan fingerprint density at radius 3 is 2.33 bits per heavy atom. The monoisotopic (exact) mass is 500 g/mol. The summed E-state index contributed by atoms with van der Waals surface area (Å²) in [7, 11) is 0. The molecule has 0 fully saturated rings. The van der Waals surface area contributed by atoms with E-state index in [2.05, 4.69) is 66.0 Å². The summed E-state index contributed by atoms with van der Waals surface area (Å²) in [5, 5.41) is 16.5. The van der Waals surface area contributed by atoms with Crippen molar-refractivity contribution in [1.29, 1.82) is 0 Å². The highest BCUT2D eigenvalue weighted by Gasteiger charge is 2.26. The molecule has 4 nitrogen and oxygen atoms in total. The second-order valence-corrected chi connectivity index (χ2v) is 10.2. The van der Waals surface area contributed by atoms with Gasteiger partial charge in [0.05, 0.1) is 11.4 Å². The number of benzene rings is 2. The highest BCUT2D eigenvalue weighted by atomic mass is 79.9. The molecular weight excluding hydrogens is 480 g/mol. The van der Waals surface area contributed by atoms with E-state index in [-0.39, 0.29) is 5.41 Å². The predicted molar refractivity (Wildman–Crippen MR) is 129 cm³/mol. The fraction of sp³-hybridized carbons (Fsp3) is 0.261. The number of nitrogens with zero attached hydrogens (tertiary/aromatic N) is 4. The molecule has 0 unspecified atom stereocenters. The molecule has 0 saturated heterocycles. The lowest BCUT2D eigenvalue weighted by Crippen LogP contribution is -2.14. The maximum absolute atomic E-state index is 6.11. The molecule has 0 atom stereocenters. The first kappa shape index (κ1) is 21.2. The molecule has 0 N–H and O–H groups in total. The summed E-state index contributed by atoms with van der Waals surface area (Å²) in [6, 6.07) is 16.0. The van der Waals surface area contributed by atoms with Crippen LogP contribution in [0, 0.1) is 6.92 Å². The number of hydrogen-bond donors (Lipinski definition) is 0. The molecule has 154 valence electrons. The highest BCUT2D eigenvalue weighted by molar-refractivity contribution is 9.10. The Balaban J connectivity index is 1.90. The quantitative estimate of drug-likeness (QED) is 0.285. The van der Waals surface area contributed by atoms with Gasteiger partial charge < -0.3 is 0 Å². The van der Waals surface area contributed by atoms with Crippen molar-refractivity contribution in [2.45, 2.75) is 39.5 Å². The fourth-order valence-electron chi connectivity index (χ4n) is 3.16. The topological polar surface area (TPSA) is 43.6 Å². The molecule has 0 aliphatic carbocycles. The average Bonchev–Trinajstić information content (AvgIpc) is 3.35. The van der Waals surface area contributed by atoms with Gasteiger partial charge in [0.15, 0.2) is 5.01 Å². The Bertz CT molecular complexity index is 1180. The third kappa shape index (κ3) is 3.96. The summed E-state index contributed by atoms with van der Waals surface area (Å²) in [6.45, 7) is 8.67. The van der Waals surface area contributed by atoms with E-state index in [0.29, 0.717) is 5.02 Å². The van der Waals surface area contributed by atoms with Crippen LogP contribution in [-0.4, -0.2) is 20.0 Å². The average molecular weight is 502 g/mol. The van der Waals surface area contributed by atoms with Crippen LogP contribution in [0.5, 0.6) is 0 Å². The lowest BCUT2D eigenvalue weighted by Gasteiger charge is -2.17. The molecule has 4 rings (SSSR count). The molecule has 2 heterocycles. The van der Waals surface area contributed by atoms with Gasteiger partial charge in [-0.05, 0) is 49.7 Å². The first-order chi connectivity index (χ1) is 14.3. The second kappa shape index (κ2) is 8.25. The molecule has 7 heteroatoms. The van der Waals surface area contributed by atoms with Gasteiger partial charge in [-0.3, -0.25) is 0 Å². The van der Waals surface area contributed by atoms with Crippen LogP contribution in [0.15, 0.2) is 53.0 Å². The molecular formula is C23H22BrClN4S. The molecule has 0 bridgehead atoms. The van der Waals surface area contributed by atoms with Crippen molar-refractivity contribution in [1.82, 2.24) is 20.0 Å². The van der Waals surface area contributed by atoms with Crippen molar-refractivity contribution < 1.29 is 0 Å². The minimum Gasteiger partial charge on any atom is -0.232 e. The number of aromatic nitrogens is 4. The van der Waals surface area contributed by atoms with Crippen LogP contribution in [0.25, 0.3) is 27.6 Å². The highest BCUT2D eigenvalue weighted by Crippen LogP contribution is 2.38. The molecule has 0 aliphatic heterocycles. The molecule has 30 heavy (non-hydrogen) atoms. The van der Waals surface area contributed by atoms with Gasteiger partial charge in [-0.15, -0.1) is 10.2 Å². The fourth-order valence-corrected chi connectivity index (χ4v) is 4.61. The maximum atomic E-state index is 6.11. The Kier molecular flexibility index (Phi) is 5.84. The zero-order chi connectivity index (χ0) is 21.5. The van der Waals surface area contributed by atoms with E-state index in [1.807, 2.05) is 41.1 Å². The van der Waals surface area contributed by atoms with E-state index >= 15 is 0 Å². The smallest absolute Gasteiger partial charge is 0.168 e. The summed E-state index contributed by atoms with van der Waals surface area (Å²) in [5.74, 6) is 0. The van der Waals surface area contributed by atoms with Crippen LogP contribution in [0.4, 0.5) is 0 Å². The first-order valence-corrected chi connectivity index (χ1v) is 11.7. The molecule has 2 aromatic carbocycles. The largest absolute Gasteiger partial charge is 0.232 e. The summed E-state index contributed by atoms with van der Waals surface area (Å²) in [4.78, 5) is 0. The van der Waals surface area contributed by atoms with E-state index in [1.165, 1.54) is 0 Å². The molecule has 2 aromatic heterocycles. The van der Waals surface area contributed by atoms with E-state index < -0.39 is 0 Å². The van der Waals surface area contributed by atoms with E-state index in [1.54, 1.807) is 11.3 Å². The van der Waals surface area contributed by atoms with Crippen molar-refractivity contribution in [2.24, 2.45) is 0 Å². The van der Waals surface area contributed by atoms with Crippen LogP contribution in [0.1, 0.15) is 37.8 Å². The van der Waals surface area contributed by atoms with Gasteiger partial charge in [-0.25, -0.2) is 4.68 Å². The molecule has 0 amide bonds. The number of hydrogen-bond acceptors (Lipinski definition) is 4. The van der Waals surface area contributed by atoms with Crippen molar-refractivity contribution in [2.75, 3.05) is 0 Å². The molecule has 0 radical (unpaired) electrons. The lowest BCUT2D eigenvalue weighted by atomic mass is 9.91. The predicted octanol–water partition coefficient (Wildman–Crippen LogP) is 7.47. The van der Waals surface area contributed by atoms with Gasteiger partial charge in [-0.1, -0.05) is 71.8 Å². The van der Waals surface area contributed by atoms with Crippen molar-refractivity contribution in [3.8, 4) is 27.6 Å². The van der Waals surface area contributed by atoms with Crippen molar-refractivity contribution in [3.05, 3.63) is 68.6 Å². The van der Waals surface area contributed by atoms with Gasteiger partial charge >= 0.3 is 0 Å². The van der Waals surface area contributed by atoms with Gasteiger partial charge in [0.2, 0.25) is 0 Å². The lowest BCUT2D eigenvalue weighted by molar-refractivity contribution is 0.498. The van der Waals surface area contributed by atoms with Gasteiger partial charge in [0, 0.05) is 26.0 Å². The van der Waals surface area contributed by atoms with E-state index in [4.69, 9.17) is 16.7 Å². The van der Waals surface area contributed by atoms with Crippen LogP contribution in [0.2, 0.25) is 5.02 Å². The zero-order valence-electron chi connectivity index (χ0n) is 17.3.